The van der Waals surface area contributed by atoms with E-state index in [1.807, 2.05) is 54.4 Å². The number of thiophene rings is 1. The molecular weight excluding hydrogens is 284 g/mol. The monoisotopic (exact) mass is 296 g/mol. The number of thiocarbonyl (C=S) groups is 1. The molecule has 2 nitrogen and oxygen atoms in total. The van der Waals surface area contributed by atoms with Crippen LogP contribution in [0.3, 0.4) is 0 Å². The highest BCUT2D eigenvalue weighted by Crippen LogP contribution is 2.22. The van der Waals surface area contributed by atoms with Crippen molar-refractivity contribution < 1.29 is 0 Å². The van der Waals surface area contributed by atoms with Gasteiger partial charge in [-0.05, 0) is 36.5 Å². The summed E-state index contributed by atoms with van der Waals surface area (Å²) in [6.07, 6.45) is 0. The summed E-state index contributed by atoms with van der Waals surface area (Å²) in [6.45, 7) is 0.760. The summed E-state index contributed by atoms with van der Waals surface area (Å²) in [7, 11) is 1.96. The molecule has 1 N–H and O–H groups in total. The van der Waals surface area contributed by atoms with Gasteiger partial charge < -0.3 is 10.2 Å². The first kappa shape index (κ1) is 13.3. The summed E-state index contributed by atoms with van der Waals surface area (Å²) >= 11 is 12.8. The number of anilines is 1. The van der Waals surface area contributed by atoms with E-state index in [0.717, 1.165) is 16.6 Å². The maximum Gasteiger partial charge on any atom is 0.173 e. The lowest BCUT2D eigenvalue weighted by Gasteiger charge is -2.20. The molecule has 18 heavy (non-hydrogen) atoms. The smallest absolute Gasteiger partial charge is 0.173 e. The molecule has 0 radical (unpaired) electrons. The standard InChI is InChI=1S/C13H13ClN2S2/c1-16(9-11-7-8-12(14)18-11)13(17)15-10-5-3-2-4-6-10/h2-8H,9H2,1H3,(H,15,17). The van der Waals surface area contributed by atoms with Crippen LogP contribution in [0.1, 0.15) is 4.88 Å². The Hall–Kier alpha value is -1.10. The van der Waals surface area contributed by atoms with Crippen LogP contribution < -0.4 is 5.32 Å². The van der Waals surface area contributed by atoms with Gasteiger partial charge >= 0.3 is 0 Å². The molecule has 0 spiro atoms. The second-order valence-corrected chi connectivity index (χ2v) is 6.04. The topological polar surface area (TPSA) is 15.3 Å². The van der Waals surface area contributed by atoms with Gasteiger partial charge in [0.05, 0.1) is 10.9 Å². The fourth-order valence-corrected chi connectivity index (χ4v) is 2.81. The van der Waals surface area contributed by atoms with E-state index >= 15 is 0 Å². The maximum atomic E-state index is 5.90. The second kappa shape index (κ2) is 6.18. The van der Waals surface area contributed by atoms with E-state index < -0.39 is 0 Å². The fraction of sp³-hybridized carbons (Fsp3) is 0.154. The molecule has 0 bridgehead atoms. The van der Waals surface area contributed by atoms with Crippen LogP contribution in [-0.2, 0) is 6.54 Å². The molecule has 0 saturated heterocycles. The predicted octanol–water partition coefficient (Wildman–Crippen LogP) is 4.23. The SMILES string of the molecule is CN(Cc1ccc(Cl)s1)C(=S)Nc1ccccc1. The van der Waals surface area contributed by atoms with E-state index in [1.165, 1.54) is 4.88 Å². The number of benzene rings is 1. The lowest BCUT2D eigenvalue weighted by Crippen LogP contribution is -2.30. The van der Waals surface area contributed by atoms with Gasteiger partial charge in [-0.1, -0.05) is 29.8 Å². The van der Waals surface area contributed by atoms with Crippen LogP contribution in [0, 0.1) is 0 Å². The van der Waals surface area contributed by atoms with Crippen LogP contribution in [0.4, 0.5) is 5.69 Å². The molecule has 0 aliphatic carbocycles. The van der Waals surface area contributed by atoms with Crippen molar-refractivity contribution in [3.8, 4) is 0 Å². The van der Waals surface area contributed by atoms with Crippen LogP contribution in [0.5, 0.6) is 0 Å². The Labute approximate surface area is 121 Å². The van der Waals surface area contributed by atoms with Gasteiger partial charge in [-0.2, -0.15) is 0 Å². The third-order valence-electron chi connectivity index (χ3n) is 2.39. The molecule has 0 aliphatic rings. The van der Waals surface area contributed by atoms with Crippen LogP contribution in [0.25, 0.3) is 0 Å². The molecule has 0 aliphatic heterocycles. The van der Waals surface area contributed by atoms with Crippen molar-refractivity contribution in [3.05, 3.63) is 51.7 Å². The molecule has 1 heterocycles. The molecule has 94 valence electrons. The van der Waals surface area contributed by atoms with Gasteiger partial charge in [-0.25, -0.2) is 0 Å². The number of para-hydroxylation sites is 1. The van der Waals surface area contributed by atoms with E-state index in [4.69, 9.17) is 23.8 Å². The summed E-state index contributed by atoms with van der Waals surface area (Å²) in [5.41, 5.74) is 0.999. The third kappa shape index (κ3) is 3.70. The van der Waals surface area contributed by atoms with E-state index in [0.29, 0.717) is 5.11 Å². The predicted molar refractivity (Wildman–Crippen MR) is 83.5 cm³/mol. The molecule has 2 aromatic rings. The van der Waals surface area contributed by atoms with Gasteiger partial charge in [0.2, 0.25) is 0 Å². The number of hydrogen-bond acceptors (Lipinski definition) is 2. The zero-order chi connectivity index (χ0) is 13.0. The fourth-order valence-electron chi connectivity index (χ4n) is 1.48. The van der Waals surface area contributed by atoms with Crippen molar-refractivity contribution in [1.82, 2.24) is 4.90 Å². The van der Waals surface area contributed by atoms with Gasteiger partial charge in [0.1, 0.15) is 0 Å². The number of nitrogens with one attached hydrogen (secondary N) is 1. The Morgan fingerprint density at radius 1 is 1.28 bits per heavy atom. The van der Waals surface area contributed by atoms with Crippen molar-refractivity contribution in [2.24, 2.45) is 0 Å². The lowest BCUT2D eigenvalue weighted by molar-refractivity contribution is 0.514. The first-order valence-corrected chi connectivity index (χ1v) is 7.07. The highest BCUT2D eigenvalue weighted by Gasteiger charge is 2.07. The van der Waals surface area contributed by atoms with Crippen LogP contribution >= 0.6 is 35.2 Å². The zero-order valence-electron chi connectivity index (χ0n) is 9.89. The number of nitrogens with zero attached hydrogens (tertiary/aromatic N) is 1. The molecule has 2 rings (SSSR count). The van der Waals surface area contributed by atoms with Crippen molar-refractivity contribution in [2.75, 3.05) is 12.4 Å². The van der Waals surface area contributed by atoms with Crippen LogP contribution in [0.15, 0.2) is 42.5 Å². The first-order chi connectivity index (χ1) is 8.65. The maximum absolute atomic E-state index is 5.90. The van der Waals surface area contributed by atoms with E-state index in [2.05, 4.69) is 5.32 Å². The number of halogens is 1. The van der Waals surface area contributed by atoms with E-state index in [1.54, 1.807) is 11.3 Å². The van der Waals surface area contributed by atoms with Gasteiger partial charge in [0.25, 0.3) is 0 Å². The largest absolute Gasteiger partial charge is 0.347 e. The molecule has 0 fully saturated rings. The molecule has 0 atom stereocenters. The van der Waals surface area contributed by atoms with Crippen molar-refractivity contribution in [1.29, 1.82) is 0 Å². The second-order valence-electron chi connectivity index (χ2n) is 3.86. The molecular formula is C13H13ClN2S2. The van der Waals surface area contributed by atoms with Crippen LogP contribution in [0.2, 0.25) is 4.34 Å². The van der Waals surface area contributed by atoms with Gasteiger partial charge in [0.15, 0.2) is 5.11 Å². The lowest BCUT2D eigenvalue weighted by atomic mass is 10.3. The summed E-state index contributed by atoms with van der Waals surface area (Å²) in [5, 5.41) is 3.90. The van der Waals surface area contributed by atoms with Crippen molar-refractivity contribution in [3.63, 3.8) is 0 Å². The van der Waals surface area contributed by atoms with Gasteiger partial charge in [-0.3, -0.25) is 0 Å². The van der Waals surface area contributed by atoms with E-state index in [9.17, 15) is 0 Å². The summed E-state index contributed by atoms with van der Waals surface area (Å²) in [5.74, 6) is 0. The number of hydrogen-bond donors (Lipinski definition) is 1. The average molecular weight is 297 g/mol. The summed E-state index contributed by atoms with van der Waals surface area (Å²) in [4.78, 5) is 3.18. The Morgan fingerprint density at radius 3 is 2.61 bits per heavy atom. The van der Waals surface area contributed by atoms with Crippen molar-refractivity contribution >= 4 is 46.0 Å². The molecule has 0 saturated carbocycles. The molecule has 0 amide bonds. The quantitative estimate of drug-likeness (QED) is 0.853. The minimum atomic E-state index is 0.700. The van der Waals surface area contributed by atoms with Gasteiger partial charge in [0, 0.05) is 17.6 Å². The third-order valence-corrected chi connectivity index (χ3v) is 4.02. The minimum absolute atomic E-state index is 0.700. The zero-order valence-corrected chi connectivity index (χ0v) is 12.3. The Morgan fingerprint density at radius 2 is 2.00 bits per heavy atom. The highest BCUT2D eigenvalue weighted by atomic mass is 35.5. The first-order valence-electron chi connectivity index (χ1n) is 5.46. The van der Waals surface area contributed by atoms with Crippen LogP contribution in [-0.4, -0.2) is 17.1 Å². The van der Waals surface area contributed by atoms with Crippen molar-refractivity contribution in [2.45, 2.75) is 6.54 Å². The molecule has 0 unspecified atom stereocenters. The highest BCUT2D eigenvalue weighted by molar-refractivity contribution is 7.80. The summed E-state index contributed by atoms with van der Waals surface area (Å²) in [6, 6.07) is 13.8. The molecule has 1 aromatic heterocycles. The normalized spacial score (nSPS) is 10.1. The van der Waals surface area contributed by atoms with Gasteiger partial charge in [-0.15, -0.1) is 11.3 Å². The number of rotatable bonds is 3. The Balaban J connectivity index is 1.93. The Bertz CT molecular complexity index is 525. The molecule has 5 heteroatoms. The minimum Gasteiger partial charge on any atom is -0.347 e. The van der Waals surface area contributed by atoms with E-state index in [-0.39, 0.29) is 0 Å². The molecule has 1 aromatic carbocycles. The Kier molecular flexibility index (Phi) is 4.58. The average Bonchev–Trinajstić information content (AvgIpc) is 2.76. The summed E-state index contributed by atoms with van der Waals surface area (Å²) < 4.78 is 0.806.